The maximum absolute atomic E-state index is 13.5. The molecule has 9 heteroatoms. The maximum atomic E-state index is 13.5. The van der Waals surface area contributed by atoms with Gasteiger partial charge in [-0.05, 0) is 56.2 Å². The van der Waals surface area contributed by atoms with Gasteiger partial charge >= 0.3 is 0 Å². The van der Waals surface area contributed by atoms with Crippen LogP contribution >= 0.6 is 0 Å². The molecule has 1 aromatic heterocycles. The van der Waals surface area contributed by atoms with Crippen molar-refractivity contribution in [1.29, 1.82) is 0 Å². The van der Waals surface area contributed by atoms with Gasteiger partial charge in [0, 0.05) is 5.69 Å². The van der Waals surface area contributed by atoms with Gasteiger partial charge in [0.2, 0.25) is 21.8 Å². The second kappa shape index (κ2) is 11.8. The largest absolute Gasteiger partial charge is 0.467 e. The van der Waals surface area contributed by atoms with Crippen LogP contribution in [0.1, 0.15) is 36.7 Å². The maximum Gasteiger partial charge on any atom is 0.243 e. The van der Waals surface area contributed by atoms with Crippen molar-refractivity contribution in [3.63, 3.8) is 0 Å². The summed E-state index contributed by atoms with van der Waals surface area (Å²) in [6, 6.07) is 16.2. The minimum atomic E-state index is -3.91. The highest BCUT2D eigenvalue weighted by Gasteiger charge is 2.32. The molecule has 1 atom stereocenters. The van der Waals surface area contributed by atoms with Crippen LogP contribution in [0.25, 0.3) is 0 Å². The quantitative estimate of drug-likeness (QED) is 0.420. The number of aryl methyl sites for hydroxylation is 2. The van der Waals surface area contributed by atoms with E-state index < -0.39 is 28.5 Å². The molecule has 0 spiro atoms. The van der Waals surface area contributed by atoms with Crippen LogP contribution in [-0.2, 0) is 26.2 Å². The van der Waals surface area contributed by atoms with Crippen molar-refractivity contribution in [2.24, 2.45) is 0 Å². The molecule has 3 rings (SSSR count). The molecule has 2 aromatic carbocycles. The summed E-state index contributed by atoms with van der Waals surface area (Å²) in [5, 5.41) is 2.83. The van der Waals surface area contributed by atoms with E-state index >= 15 is 0 Å². The average molecular weight is 498 g/mol. The zero-order valence-corrected chi connectivity index (χ0v) is 21.0. The van der Waals surface area contributed by atoms with E-state index in [4.69, 9.17) is 4.42 Å². The predicted molar refractivity (Wildman–Crippen MR) is 134 cm³/mol. The third kappa shape index (κ3) is 6.80. The Bertz CT molecular complexity index is 1240. The third-order valence-corrected chi connectivity index (χ3v) is 7.00. The predicted octanol–water partition coefficient (Wildman–Crippen LogP) is 3.69. The number of nitrogens with zero attached hydrogens (tertiary/aromatic N) is 1. The number of amides is 2. The summed E-state index contributed by atoms with van der Waals surface area (Å²) in [7, 11) is -3.91. The second-order valence-electron chi connectivity index (χ2n) is 8.29. The minimum Gasteiger partial charge on any atom is -0.467 e. The number of benzene rings is 2. The Balaban J connectivity index is 1.86. The fourth-order valence-electron chi connectivity index (χ4n) is 3.71. The lowest BCUT2D eigenvalue weighted by Crippen LogP contribution is -2.52. The Morgan fingerprint density at radius 1 is 1.00 bits per heavy atom. The molecule has 186 valence electrons. The molecule has 0 aliphatic heterocycles. The fraction of sp³-hybridized carbons (Fsp3) is 0.308. The van der Waals surface area contributed by atoms with Gasteiger partial charge in [0.05, 0.1) is 24.2 Å². The van der Waals surface area contributed by atoms with E-state index in [1.165, 1.54) is 23.3 Å². The van der Waals surface area contributed by atoms with Crippen LogP contribution in [0, 0.1) is 13.8 Å². The third-order valence-electron chi connectivity index (χ3n) is 5.58. The van der Waals surface area contributed by atoms with Crippen molar-refractivity contribution in [3.8, 4) is 0 Å². The van der Waals surface area contributed by atoms with Crippen LogP contribution in [-0.4, -0.2) is 32.8 Å². The topological polar surface area (TPSA) is 109 Å². The van der Waals surface area contributed by atoms with E-state index in [0.29, 0.717) is 24.3 Å². The molecular weight excluding hydrogens is 466 g/mol. The molecule has 0 bridgehead atoms. The van der Waals surface area contributed by atoms with Gasteiger partial charge in [-0.2, -0.15) is 0 Å². The first-order valence-electron chi connectivity index (χ1n) is 11.5. The lowest BCUT2D eigenvalue weighted by molar-refractivity contribution is -0.126. The lowest BCUT2D eigenvalue weighted by atomic mass is 10.1. The number of anilines is 1. The molecule has 8 nitrogen and oxygen atoms in total. The number of furan rings is 1. The summed E-state index contributed by atoms with van der Waals surface area (Å²) in [5.74, 6) is -0.281. The second-order valence-corrected chi connectivity index (χ2v) is 10.1. The molecule has 1 heterocycles. The monoisotopic (exact) mass is 497 g/mol. The SMILES string of the molecule is CCCC(C(=O)NCc1ccco1)N(C(=O)CNS(=O)(=O)c1ccc(C)cc1)c1ccccc1C. The summed E-state index contributed by atoms with van der Waals surface area (Å²) >= 11 is 0. The molecule has 2 amide bonds. The molecule has 0 fully saturated rings. The summed E-state index contributed by atoms with van der Waals surface area (Å²) in [6.45, 7) is 5.32. The number of hydrogen-bond donors (Lipinski definition) is 2. The average Bonchev–Trinajstić information content (AvgIpc) is 3.36. The number of para-hydroxylation sites is 1. The normalized spacial score (nSPS) is 12.2. The molecule has 0 aliphatic carbocycles. The molecular formula is C26H31N3O5S. The Hall–Kier alpha value is -3.43. The highest BCUT2D eigenvalue weighted by Crippen LogP contribution is 2.24. The highest BCUT2D eigenvalue weighted by atomic mass is 32.2. The Morgan fingerprint density at radius 3 is 2.34 bits per heavy atom. The number of carbonyl (C=O) groups is 2. The molecule has 3 aromatic rings. The van der Waals surface area contributed by atoms with Crippen LogP contribution in [0.4, 0.5) is 5.69 Å². The first kappa shape index (κ1) is 26.2. The van der Waals surface area contributed by atoms with Gasteiger partial charge in [-0.3, -0.25) is 14.5 Å². The standard InChI is InChI=1S/C26H31N3O5S/c1-4-8-24(26(31)27-17-21-10-7-16-34-21)29(23-11-6-5-9-20(23)3)25(30)18-28-35(32,33)22-14-12-19(2)13-15-22/h5-7,9-16,24,28H,4,8,17-18H2,1-3H3,(H,27,31). The van der Waals surface area contributed by atoms with Crippen LogP contribution in [0.2, 0.25) is 0 Å². The Morgan fingerprint density at radius 2 is 1.71 bits per heavy atom. The van der Waals surface area contributed by atoms with Crippen LogP contribution in [0.5, 0.6) is 0 Å². The highest BCUT2D eigenvalue weighted by molar-refractivity contribution is 7.89. The molecule has 0 radical (unpaired) electrons. The van der Waals surface area contributed by atoms with Crippen LogP contribution in [0.15, 0.2) is 76.2 Å². The number of nitrogens with one attached hydrogen (secondary N) is 2. The van der Waals surface area contributed by atoms with E-state index in [-0.39, 0.29) is 17.3 Å². The van der Waals surface area contributed by atoms with E-state index in [1.54, 1.807) is 36.4 Å². The van der Waals surface area contributed by atoms with Crippen molar-refractivity contribution in [2.45, 2.75) is 51.1 Å². The number of carbonyl (C=O) groups excluding carboxylic acids is 2. The zero-order chi connectivity index (χ0) is 25.4. The van der Waals surface area contributed by atoms with Gasteiger partial charge in [0.1, 0.15) is 11.8 Å². The van der Waals surface area contributed by atoms with E-state index in [1.807, 2.05) is 32.9 Å². The lowest BCUT2D eigenvalue weighted by Gasteiger charge is -2.32. The van der Waals surface area contributed by atoms with Crippen molar-refractivity contribution < 1.29 is 22.4 Å². The smallest absolute Gasteiger partial charge is 0.243 e. The number of rotatable bonds is 11. The van der Waals surface area contributed by atoms with Gasteiger partial charge in [0.15, 0.2) is 0 Å². The van der Waals surface area contributed by atoms with E-state index in [2.05, 4.69) is 10.0 Å². The van der Waals surface area contributed by atoms with Crippen molar-refractivity contribution >= 4 is 27.5 Å². The number of hydrogen-bond acceptors (Lipinski definition) is 5. The minimum absolute atomic E-state index is 0.0691. The number of sulfonamides is 1. The summed E-state index contributed by atoms with van der Waals surface area (Å²) in [6.07, 6.45) is 2.56. The molecule has 0 aliphatic rings. The van der Waals surface area contributed by atoms with E-state index in [0.717, 1.165) is 11.1 Å². The van der Waals surface area contributed by atoms with Gasteiger partial charge < -0.3 is 9.73 Å². The van der Waals surface area contributed by atoms with Gasteiger partial charge in [-0.15, -0.1) is 0 Å². The fourth-order valence-corrected chi connectivity index (χ4v) is 4.68. The van der Waals surface area contributed by atoms with Gasteiger partial charge in [-0.1, -0.05) is 49.2 Å². The molecule has 2 N–H and O–H groups in total. The summed E-state index contributed by atoms with van der Waals surface area (Å²) in [5.41, 5.74) is 2.27. The van der Waals surface area contributed by atoms with Crippen LogP contribution < -0.4 is 14.9 Å². The van der Waals surface area contributed by atoms with Crippen molar-refractivity contribution in [3.05, 3.63) is 83.8 Å². The molecule has 0 saturated heterocycles. The zero-order valence-electron chi connectivity index (χ0n) is 20.2. The van der Waals surface area contributed by atoms with Crippen molar-refractivity contribution in [1.82, 2.24) is 10.0 Å². The summed E-state index contributed by atoms with van der Waals surface area (Å²) < 4.78 is 33.2. The van der Waals surface area contributed by atoms with E-state index in [9.17, 15) is 18.0 Å². The Labute approximate surface area is 206 Å². The summed E-state index contributed by atoms with van der Waals surface area (Å²) in [4.78, 5) is 28.2. The molecule has 0 saturated carbocycles. The van der Waals surface area contributed by atoms with Crippen molar-refractivity contribution in [2.75, 3.05) is 11.4 Å². The van der Waals surface area contributed by atoms with Gasteiger partial charge in [-0.25, -0.2) is 13.1 Å². The first-order chi connectivity index (χ1) is 16.7. The molecule has 35 heavy (non-hydrogen) atoms. The van der Waals surface area contributed by atoms with Crippen LogP contribution in [0.3, 0.4) is 0 Å². The molecule has 1 unspecified atom stereocenters. The van der Waals surface area contributed by atoms with Gasteiger partial charge in [0.25, 0.3) is 0 Å². The first-order valence-corrected chi connectivity index (χ1v) is 13.0. The Kier molecular flexibility index (Phi) is 8.84.